The molecule has 3 heterocycles. The van der Waals surface area contributed by atoms with Crippen molar-refractivity contribution in [3.63, 3.8) is 0 Å². The van der Waals surface area contributed by atoms with E-state index in [0.717, 1.165) is 24.7 Å². The van der Waals surface area contributed by atoms with Gasteiger partial charge >= 0.3 is 0 Å². The van der Waals surface area contributed by atoms with Crippen molar-refractivity contribution in [2.45, 2.75) is 45.4 Å². The molecule has 6 nitrogen and oxygen atoms in total. The Morgan fingerprint density at radius 2 is 2.08 bits per heavy atom. The molecule has 1 aliphatic heterocycles. The first-order valence-electron chi connectivity index (χ1n) is 8.71. The van der Waals surface area contributed by atoms with E-state index in [0.29, 0.717) is 12.0 Å². The largest absolute Gasteiger partial charge is 0.469 e. The molecule has 1 aliphatic rings. The highest BCUT2D eigenvalue weighted by molar-refractivity contribution is 5.94. The summed E-state index contributed by atoms with van der Waals surface area (Å²) in [5, 5.41) is 2.98. The molecular formula is C19H25N3O3. The predicted octanol–water partition coefficient (Wildman–Crippen LogP) is 2.65. The van der Waals surface area contributed by atoms with Crippen molar-refractivity contribution < 1.29 is 13.9 Å². The fourth-order valence-electron chi connectivity index (χ4n) is 3.16. The quantitative estimate of drug-likeness (QED) is 0.904. The van der Waals surface area contributed by atoms with Gasteiger partial charge in [0, 0.05) is 31.7 Å². The third-order valence-corrected chi connectivity index (χ3v) is 4.22. The van der Waals surface area contributed by atoms with Gasteiger partial charge in [-0.15, -0.1) is 0 Å². The molecule has 3 rings (SSSR count). The molecule has 6 heteroatoms. The first-order valence-corrected chi connectivity index (χ1v) is 8.71. The van der Waals surface area contributed by atoms with Gasteiger partial charge in [0.15, 0.2) is 0 Å². The van der Waals surface area contributed by atoms with Crippen LogP contribution in [0.5, 0.6) is 0 Å². The van der Waals surface area contributed by atoms with Crippen LogP contribution in [0.25, 0.3) is 0 Å². The lowest BCUT2D eigenvalue weighted by atomic mass is 10.1. The third-order valence-electron chi connectivity index (χ3n) is 4.22. The van der Waals surface area contributed by atoms with Crippen LogP contribution in [0.4, 0.5) is 5.82 Å². The topological polar surface area (TPSA) is 67.6 Å². The Bertz CT molecular complexity index is 674. The lowest BCUT2D eigenvalue weighted by Crippen LogP contribution is -2.45. The van der Waals surface area contributed by atoms with Gasteiger partial charge in [-0.3, -0.25) is 4.79 Å². The summed E-state index contributed by atoms with van der Waals surface area (Å²) >= 11 is 0. The molecule has 1 fully saturated rings. The summed E-state index contributed by atoms with van der Waals surface area (Å²) in [7, 11) is 0. The first kappa shape index (κ1) is 17.5. The number of amides is 1. The number of furan rings is 1. The molecular weight excluding hydrogens is 318 g/mol. The van der Waals surface area contributed by atoms with Crippen LogP contribution in [0.1, 0.15) is 36.9 Å². The third kappa shape index (κ3) is 4.60. The average molecular weight is 343 g/mol. The number of nitrogens with one attached hydrogen (secondary N) is 1. The molecule has 1 N–H and O–H groups in total. The van der Waals surface area contributed by atoms with E-state index >= 15 is 0 Å². The minimum atomic E-state index is -0.123. The normalized spacial score (nSPS) is 21.8. The van der Waals surface area contributed by atoms with Crippen LogP contribution in [0, 0.1) is 0 Å². The van der Waals surface area contributed by atoms with E-state index in [9.17, 15) is 4.79 Å². The van der Waals surface area contributed by atoms with Crippen molar-refractivity contribution >= 4 is 11.7 Å². The van der Waals surface area contributed by atoms with Crippen LogP contribution in [-0.4, -0.2) is 42.2 Å². The van der Waals surface area contributed by atoms with Gasteiger partial charge in [0.05, 0.1) is 24.0 Å². The Morgan fingerprint density at radius 1 is 1.32 bits per heavy atom. The van der Waals surface area contributed by atoms with Gasteiger partial charge in [0.25, 0.3) is 5.91 Å². The van der Waals surface area contributed by atoms with Crippen LogP contribution in [0.2, 0.25) is 0 Å². The second-order valence-corrected chi connectivity index (χ2v) is 6.73. The van der Waals surface area contributed by atoms with Gasteiger partial charge in [-0.1, -0.05) is 0 Å². The first-order chi connectivity index (χ1) is 12.0. The Balaban J connectivity index is 1.58. The van der Waals surface area contributed by atoms with E-state index in [2.05, 4.69) is 29.0 Å². The van der Waals surface area contributed by atoms with Gasteiger partial charge in [-0.25, -0.2) is 4.98 Å². The Morgan fingerprint density at radius 3 is 2.68 bits per heavy atom. The summed E-state index contributed by atoms with van der Waals surface area (Å²) < 4.78 is 11.1. The van der Waals surface area contributed by atoms with Crippen LogP contribution >= 0.6 is 0 Å². The smallest absolute Gasteiger partial charge is 0.253 e. The van der Waals surface area contributed by atoms with Crippen molar-refractivity contribution in [3.05, 3.63) is 48.0 Å². The summed E-state index contributed by atoms with van der Waals surface area (Å²) in [5.74, 6) is 1.61. The number of morpholine rings is 1. The predicted molar refractivity (Wildman–Crippen MR) is 95.8 cm³/mol. The van der Waals surface area contributed by atoms with Crippen LogP contribution in [-0.2, 0) is 11.2 Å². The molecule has 0 spiro atoms. The molecule has 3 atom stereocenters. The molecule has 0 bridgehead atoms. The lowest BCUT2D eigenvalue weighted by Gasteiger charge is -2.36. The average Bonchev–Trinajstić information content (AvgIpc) is 3.07. The van der Waals surface area contributed by atoms with E-state index in [1.807, 2.05) is 31.2 Å². The number of hydrogen-bond donors (Lipinski definition) is 1. The molecule has 25 heavy (non-hydrogen) atoms. The number of carbonyl (C=O) groups is 1. The van der Waals surface area contributed by atoms with Crippen molar-refractivity contribution in [2.75, 3.05) is 18.0 Å². The maximum atomic E-state index is 12.4. The molecule has 0 unspecified atom stereocenters. The molecule has 2 aromatic heterocycles. The monoisotopic (exact) mass is 343 g/mol. The van der Waals surface area contributed by atoms with Gasteiger partial charge in [0.1, 0.15) is 11.6 Å². The summed E-state index contributed by atoms with van der Waals surface area (Å²) in [4.78, 5) is 19.0. The van der Waals surface area contributed by atoms with Crippen molar-refractivity contribution in [3.8, 4) is 0 Å². The molecule has 0 aromatic carbocycles. The Kier molecular flexibility index (Phi) is 5.38. The molecule has 0 radical (unpaired) electrons. The SMILES string of the molecule is C[C@@H]1CN(c2ccc(C(=O)N[C@@H](C)Cc3ccco3)cn2)C[C@H](C)O1. The number of nitrogens with zero attached hydrogens (tertiary/aromatic N) is 2. The second kappa shape index (κ2) is 7.70. The van der Waals surface area contributed by atoms with Gasteiger partial charge < -0.3 is 19.4 Å². The molecule has 0 aliphatic carbocycles. The highest BCUT2D eigenvalue weighted by atomic mass is 16.5. The fraction of sp³-hybridized carbons (Fsp3) is 0.474. The van der Waals surface area contributed by atoms with E-state index in [1.54, 1.807) is 12.5 Å². The van der Waals surface area contributed by atoms with Crippen molar-refractivity contribution in [1.29, 1.82) is 0 Å². The number of aromatic nitrogens is 1. The van der Waals surface area contributed by atoms with Gasteiger partial charge in [-0.2, -0.15) is 0 Å². The Labute approximate surface area is 148 Å². The zero-order valence-electron chi connectivity index (χ0n) is 14.9. The summed E-state index contributed by atoms with van der Waals surface area (Å²) in [6.45, 7) is 7.70. The fourth-order valence-corrected chi connectivity index (χ4v) is 3.16. The van der Waals surface area contributed by atoms with E-state index in [1.165, 1.54) is 0 Å². The number of carbonyl (C=O) groups excluding carboxylic acids is 1. The summed E-state index contributed by atoms with van der Waals surface area (Å²) in [6, 6.07) is 7.46. The maximum absolute atomic E-state index is 12.4. The van der Waals surface area contributed by atoms with Crippen molar-refractivity contribution in [2.24, 2.45) is 0 Å². The minimum absolute atomic E-state index is 0.0146. The van der Waals surface area contributed by atoms with Gasteiger partial charge in [0.2, 0.25) is 0 Å². The molecule has 134 valence electrons. The molecule has 1 saturated heterocycles. The lowest BCUT2D eigenvalue weighted by molar-refractivity contribution is -0.00546. The maximum Gasteiger partial charge on any atom is 0.253 e. The Hall–Kier alpha value is -2.34. The van der Waals surface area contributed by atoms with Crippen molar-refractivity contribution in [1.82, 2.24) is 10.3 Å². The number of pyridine rings is 1. The van der Waals surface area contributed by atoms with E-state index in [4.69, 9.17) is 9.15 Å². The molecule has 2 aromatic rings. The second-order valence-electron chi connectivity index (χ2n) is 6.73. The van der Waals surface area contributed by atoms with Crippen LogP contribution in [0.15, 0.2) is 41.1 Å². The molecule has 0 saturated carbocycles. The zero-order chi connectivity index (χ0) is 17.8. The van der Waals surface area contributed by atoms with Gasteiger partial charge in [-0.05, 0) is 45.0 Å². The van der Waals surface area contributed by atoms with Crippen LogP contribution < -0.4 is 10.2 Å². The van der Waals surface area contributed by atoms with Crippen LogP contribution in [0.3, 0.4) is 0 Å². The summed E-state index contributed by atoms with van der Waals surface area (Å²) in [5.41, 5.74) is 0.560. The number of hydrogen-bond acceptors (Lipinski definition) is 5. The van der Waals surface area contributed by atoms with E-state index in [-0.39, 0.29) is 24.2 Å². The highest BCUT2D eigenvalue weighted by Gasteiger charge is 2.23. The highest BCUT2D eigenvalue weighted by Crippen LogP contribution is 2.18. The number of anilines is 1. The van der Waals surface area contributed by atoms with E-state index < -0.39 is 0 Å². The number of ether oxygens (including phenoxy) is 1. The number of rotatable bonds is 5. The standard InChI is InChI=1S/C19H25N3O3/c1-13(9-17-5-4-8-24-17)21-19(23)16-6-7-18(20-10-16)22-11-14(2)25-15(3)12-22/h4-8,10,13-15H,9,11-12H2,1-3H3,(H,21,23)/t13-,14-,15+/m0/s1. The molecule has 1 amide bonds. The zero-order valence-corrected chi connectivity index (χ0v) is 14.9. The minimum Gasteiger partial charge on any atom is -0.469 e. The summed E-state index contributed by atoms with van der Waals surface area (Å²) in [6.07, 6.45) is 4.29.